The van der Waals surface area contributed by atoms with Crippen molar-refractivity contribution in [2.75, 3.05) is 37.5 Å². The molecule has 0 radical (unpaired) electrons. The van der Waals surface area contributed by atoms with E-state index in [2.05, 4.69) is 47.9 Å². The molecule has 1 aromatic heterocycles. The summed E-state index contributed by atoms with van der Waals surface area (Å²) in [6.45, 7) is 9.92. The van der Waals surface area contributed by atoms with Crippen molar-refractivity contribution in [1.29, 1.82) is 0 Å². The van der Waals surface area contributed by atoms with E-state index >= 15 is 0 Å². The number of nitrogens with one attached hydrogen (secondary N) is 1. The van der Waals surface area contributed by atoms with Crippen LogP contribution in [0.5, 0.6) is 0 Å². The molecule has 1 heterocycles. The van der Waals surface area contributed by atoms with Crippen LogP contribution in [0.4, 0.5) is 11.6 Å². The Balaban J connectivity index is 3.04. The molecule has 5 nitrogen and oxygen atoms in total. The number of aromatic nitrogens is 2. The molecule has 0 aliphatic rings. The fourth-order valence-corrected chi connectivity index (χ4v) is 1.74. The lowest BCUT2D eigenvalue weighted by molar-refractivity contribution is 0.183. The third-order valence-corrected chi connectivity index (χ3v) is 3.03. The maximum atomic E-state index is 5.20. The lowest BCUT2D eigenvalue weighted by Gasteiger charge is -2.26. The van der Waals surface area contributed by atoms with Gasteiger partial charge in [-0.3, -0.25) is 0 Å². The molecule has 0 saturated carbocycles. The summed E-state index contributed by atoms with van der Waals surface area (Å²) in [5.74, 6) is 2.99. The highest BCUT2D eigenvalue weighted by molar-refractivity contribution is 5.49. The molecule has 108 valence electrons. The van der Waals surface area contributed by atoms with E-state index in [1.54, 1.807) is 7.11 Å². The summed E-state index contributed by atoms with van der Waals surface area (Å²) in [4.78, 5) is 11.3. The Morgan fingerprint density at radius 2 is 2.00 bits per heavy atom. The van der Waals surface area contributed by atoms with Crippen LogP contribution in [-0.2, 0) is 4.74 Å². The fraction of sp³-hybridized carbons (Fsp3) is 0.714. The highest BCUT2D eigenvalue weighted by atomic mass is 16.5. The summed E-state index contributed by atoms with van der Waals surface area (Å²) in [6.07, 6.45) is 0. The van der Waals surface area contributed by atoms with Gasteiger partial charge in [0, 0.05) is 32.7 Å². The molecule has 19 heavy (non-hydrogen) atoms. The first-order valence-electron chi connectivity index (χ1n) is 6.84. The number of methoxy groups -OCH3 is 1. The zero-order valence-electron chi connectivity index (χ0n) is 12.9. The monoisotopic (exact) mass is 266 g/mol. The van der Waals surface area contributed by atoms with E-state index in [0.717, 1.165) is 24.0 Å². The standard InChI is InChI=1S/C14H26N4O/c1-7-15-12-8-13(17-14(16-12)10(2)3)18(5)11(4)9-19-6/h8,10-11H,7,9H2,1-6H3,(H,15,16,17). The van der Waals surface area contributed by atoms with Crippen LogP contribution in [0.15, 0.2) is 6.07 Å². The Bertz CT molecular complexity index is 395. The number of likely N-dealkylation sites (N-methyl/N-ethyl adjacent to an activating group) is 1. The maximum Gasteiger partial charge on any atom is 0.135 e. The van der Waals surface area contributed by atoms with E-state index in [-0.39, 0.29) is 6.04 Å². The number of nitrogens with zero attached hydrogens (tertiary/aromatic N) is 3. The average molecular weight is 266 g/mol. The first-order valence-corrected chi connectivity index (χ1v) is 6.84. The van der Waals surface area contributed by atoms with Gasteiger partial charge in [-0.1, -0.05) is 13.8 Å². The second kappa shape index (κ2) is 7.28. The molecule has 0 aliphatic heterocycles. The predicted molar refractivity (Wildman–Crippen MR) is 80.0 cm³/mol. The number of rotatable bonds is 7. The fourth-order valence-electron chi connectivity index (χ4n) is 1.74. The van der Waals surface area contributed by atoms with Crippen LogP contribution < -0.4 is 10.2 Å². The van der Waals surface area contributed by atoms with Gasteiger partial charge in [0.1, 0.15) is 17.5 Å². The van der Waals surface area contributed by atoms with Gasteiger partial charge in [-0.15, -0.1) is 0 Å². The summed E-state index contributed by atoms with van der Waals surface area (Å²) < 4.78 is 5.20. The number of hydrogen-bond acceptors (Lipinski definition) is 5. The normalized spacial score (nSPS) is 12.6. The highest BCUT2D eigenvalue weighted by Gasteiger charge is 2.15. The van der Waals surface area contributed by atoms with Gasteiger partial charge in [0.2, 0.25) is 0 Å². The van der Waals surface area contributed by atoms with Crippen LogP contribution in [0.1, 0.15) is 39.4 Å². The summed E-state index contributed by atoms with van der Waals surface area (Å²) in [6, 6.07) is 2.26. The first kappa shape index (κ1) is 15.7. The van der Waals surface area contributed by atoms with Gasteiger partial charge in [-0.05, 0) is 13.8 Å². The van der Waals surface area contributed by atoms with Crippen LogP contribution in [-0.4, -0.2) is 43.3 Å². The lowest BCUT2D eigenvalue weighted by Crippen LogP contribution is -2.33. The van der Waals surface area contributed by atoms with Crippen LogP contribution in [0.2, 0.25) is 0 Å². The van der Waals surface area contributed by atoms with Gasteiger partial charge in [-0.2, -0.15) is 0 Å². The van der Waals surface area contributed by atoms with E-state index in [1.807, 2.05) is 13.1 Å². The van der Waals surface area contributed by atoms with Crippen LogP contribution >= 0.6 is 0 Å². The third kappa shape index (κ3) is 4.35. The van der Waals surface area contributed by atoms with Crippen molar-refractivity contribution in [2.45, 2.75) is 39.7 Å². The van der Waals surface area contributed by atoms with Crippen LogP contribution in [0.25, 0.3) is 0 Å². The van der Waals surface area contributed by atoms with Crippen molar-refractivity contribution >= 4 is 11.6 Å². The lowest BCUT2D eigenvalue weighted by atomic mass is 10.2. The Labute approximate surface area is 116 Å². The minimum atomic E-state index is 0.273. The van der Waals surface area contributed by atoms with Crippen LogP contribution in [0.3, 0.4) is 0 Å². The quantitative estimate of drug-likeness (QED) is 0.821. The van der Waals surface area contributed by atoms with E-state index < -0.39 is 0 Å². The molecule has 1 N–H and O–H groups in total. The first-order chi connectivity index (χ1) is 8.99. The van der Waals surface area contributed by atoms with E-state index in [1.165, 1.54) is 0 Å². The molecule has 1 unspecified atom stereocenters. The SMILES string of the molecule is CCNc1cc(N(C)C(C)COC)nc(C(C)C)n1. The van der Waals surface area contributed by atoms with E-state index in [4.69, 9.17) is 4.74 Å². The second-order valence-corrected chi connectivity index (χ2v) is 5.07. The minimum Gasteiger partial charge on any atom is -0.383 e. The second-order valence-electron chi connectivity index (χ2n) is 5.07. The molecular formula is C14H26N4O. The Hall–Kier alpha value is -1.36. The molecule has 0 bridgehead atoms. The Morgan fingerprint density at radius 3 is 2.53 bits per heavy atom. The largest absolute Gasteiger partial charge is 0.383 e. The van der Waals surface area contributed by atoms with E-state index in [0.29, 0.717) is 12.5 Å². The van der Waals surface area contributed by atoms with E-state index in [9.17, 15) is 0 Å². The van der Waals surface area contributed by atoms with Crippen molar-refractivity contribution in [3.05, 3.63) is 11.9 Å². The van der Waals surface area contributed by atoms with Gasteiger partial charge < -0.3 is 15.0 Å². The molecule has 0 aromatic carbocycles. The molecule has 1 atom stereocenters. The molecule has 0 aliphatic carbocycles. The predicted octanol–water partition coefficient (Wildman–Crippen LogP) is 2.50. The molecule has 1 aromatic rings. The molecule has 0 spiro atoms. The number of ether oxygens (including phenoxy) is 1. The zero-order chi connectivity index (χ0) is 14.4. The van der Waals surface area contributed by atoms with Gasteiger partial charge >= 0.3 is 0 Å². The topological polar surface area (TPSA) is 50.3 Å². The van der Waals surface area contributed by atoms with Crippen molar-refractivity contribution in [2.24, 2.45) is 0 Å². The van der Waals surface area contributed by atoms with Gasteiger partial charge in [0.25, 0.3) is 0 Å². The summed E-state index contributed by atoms with van der Waals surface area (Å²) in [7, 11) is 3.75. The van der Waals surface area contributed by atoms with Crippen molar-refractivity contribution in [3.63, 3.8) is 0 Å². The zero-order valence-corrected chi connectivity index (χ0v) is 12.9. The van der Waals surface area contributed by atoms with Crippen LogP contribution in [0, 0.1) is 0 Å². The van der Waals surface area contributed by atoms with Crippen molar-refractivity contribution in [3.8, 4) is 0 Å². The number of hydrogen-bond donors (Lipinski definition) is 1. The van der Waals surface area contributed by atoms with Gasteiger partial charge in [0.15, 0.2) is 0 Å². The van der Waals surface area contributed by atoms with Crippen molar-refractivity contribution in [1.82, 2.24) is 9.97 Å². The molecule has 1 rings (SSSR count). The summed E-state index contributed by atoms with van der Waals surface area (Å²) in [5.41, 5.74) is 0. The molecule has 0 fully saturated rings. The average Bonchev–Trinajstić information content (AvgIpc) is 2.38. The van der Waals surface area contributed by atoms with Gasteiger partial charge in [0.05, 0.1) is 12.6 Å². The summed E-state index contributed by atoms with van der Waals surface area (Å²) in [5, 5.41) is 3.26. The Morgan fingerprint density at radius 1 is 1.32 bits per heavy atom. The molecule has 5 heteroatoms. The third-order valence-electron chi connectivity index (χ3n) is 3.03. The Kier molecular flexibility index (Phi) is 6.02. The highest BCUT2D eigenvalue weighted by Crippen LogP contribution is 2.20. The van der Waals surface area contributed by atoms with Gasteiger partial charge in [-0.25, -0.2) is 9.97 Å². The minimum absolute atomic E-state index is 0.273. The molecular weight excluding hydrogens is 240 g/mol. The molecule has 0 amide bonds. The maximum absolute atomic E-state index is 5.20. The summed E-state index contributed by atoms with van der Waals surface area (Å²) >= 11 is 0. The molecule has 0 saturated heterocycles. The smallest absolute Gasteiger partial charge is 0.135 e. The van der Waals surface area contributed by atoms with Crippen molar-refractivity contribution < 1.29 is 4.74 Å². The number of anilines is 2.